The van der Waals surface area contributed by atoms with E-state index >= 15 is 0 Å². The van der Waals surface area contributed by atoms with Crippen LogP contribution in [0.3, 0.4) is 0 Å². The number of carbonyl (C=O) groups is 1. The summed E-state index contributed by atoms with van der Waals surface area (Å²) < 4.78 is 1.61. The van der Waals surface area contributed by atoms with E-state index in [1.165, 1.54) is 25.9 Å². The van der Waals surface area contributed by atoms with Crippen LogP contribution >= 0.6 is 0 Å². The van der Waals surface area contributed by atoms with Gasteiger partial charge in [0.05, 0.1) is 0 Å². The van der Waals surface area contributed by atoms with Gasteiger partial charge in [0.15, 0.2) is 0 Å². The Labute approximate surface area is 142 Å². The summed E-state index contributed by atoms with van der Waals surface area (Å²) in [4.78, 5) is 23.2. The molecule has 0 bridgehead atoms. The van der Waals surface area contributed by atoms with E-state index in [9.17, 15) is 4.79 Å². The first-order chi connectivity index (χ1) is 11.5. The molecule has 0 radical (unpaired) electrons. The number of amides is 1. The lowest BCUT2D eigenvalue weighted by Crippen LogP contribution is -2.36. The van der Waals surface area contributed by atoms with Gasteiger partial charge >= 0.3 is 0 Å². The Bertz CT molecular complexity index is 725. The fourth-order valence-electron chi connectivity index (χ4n) is 3.34. The van der Waals surface area contributed by atoms with Gasteiger partial charge < -0.3 is 10.2 Å². The van der Waals surface area contributed by atoms with Gasteiger partial charge in [-0.25, -0.2) is 9.50 Å². The lowest BCUT2D eigenvalue weighted by atomic mass is 10.0. The van der Waals surface area contributed by atoms with Crippen LogP contribution in [0.5, 0.6) is 0 Å². The summed E-state index contributed by atoms with van der Waals surface area (Å²) in [7, 11) is 0. The molecule has 2 aromatic rings. The maximum absolute atomic E-state index is 12.2. The minimum absolute atomic E-state index is 0.183. The highest BCUT2D eigenvalue weighted by Gasteiger charge is 2.17. The number of aromatic nitrogens is 4. The molecule has 1 aliphatic heterocycles. The van der Waals surface area contributed by atoms with E-state index in [4.69, 9.17) is 0 Å². The van der Waals surface area contributed by atoms with Crippen molar-refractivity contribution >= 4 is 11.7 Å². The smallest absolute Gasteiger partial charge is 0.291 e. The minimum atomic E-state index is -0.232. The zero-order valence-corrected chi connectivity index (χ0v) is 14.7. The largest absolute Gasteiger partial charge is 0.349 e. The predicted molar refractivity (Wildman–Crippen MR) is 92.0 cm³/mol. The number of nitrogens with one attached hydrogen (secondary N) is 1. The molecule has 0 aromatic carbocycles. The predicted octanol–water partition coefficient (Wildman–Crippen LogP) is 1.59. The van der Waals surface area contributed by atoms with E-state index in [1.54, 1.807) is 4.52 Å². The second-order valence-corrected chi connectivity index (χ2v) is 6.84. The number of fused-ring (bicyclic) bond motifs is 1. The first kappa shape index (κ1) is 16.8. The van der Waals surface area contributed by atoms with E-state index in [0.29, 0.717) is 12.3 Å². The molecule has 1 fully saturated rings. The normalized spacial score (nSPS) is 18.9. The Hall–Kier alpha value is -2.02. The molecule has 0 saturated carbocycles. The fraction of sp³-hybridized carbons (Fsp3) is 0.647. The number of aryl methyl sites for hydroxylation is 2. The third-order valence-electron chi connectivity index (χ3n) is 4.50. The summed E-state index contributed by atoms with van der Waals surface area (Å²) in [5.41, 5.74) is 1.79. The maximum Gasteiger partial charge on any atom is 0.291 e. The average molecular weight is 330 g/mol. The highest BCUT2D eigenvalue weighted by atomic mass is 16.2. The molecule has 3 rings (SSSR count). The molecule has 1 N–H and O–H groups in total. The van der Waals surface area contributed by atoms with Gasteiger partial charge in [-0.3, -0.25) is 4.79 Å². The Kier molecular flexibility index (Phi) is 5.08. The van der Waals surface area contributed by atoms with E-state index in [0.717, 1.165) is 30.3 Å². The molecular formula is C17H26N6O. The molecule has 1 aliphatic rings. The SMILES string of the molecule is Cc1cc(C)n2nc(C(=O)NCCCN3CCC[C@H](C)C3)nc2n1. The summed E-state index contributed by atoms with van der Waals surface area (Å²) in [6, 6.07) is 1.92. The van der Waals surface area contributed by atoms with Gasteiger partial charge in [-0.1, -0.05) is 6.92 Å². The summed E-state index contributed by atoms with van der Waals surface area (Å²) in [6.45, 7) is 10.2. The average Bonchev–Trinajstić information content (AvgIpc) is 2.96. The van der Waals surface area contributed by atoms with Crippen molar-refractivity contribution in [2.75, 3.05) is 26.2 Å². The quantitative estimate of drug-likeness (QED) is 0.843. The van der Waals surface area contributed by atoms with Crippen molar-refractivity contribution in [2.24, 2.45) is 5.92 Å². The van der Waals surface area contributed by atoms with Gasteiger partial charge in [-0.15, -0.1) is 5.10 Å². The van der Waals surface area contributed by atoms with Gasteiger partial charge in [0, 0.05) is 24.5 Å². The Morgan fingerprint density at radius 2 is 2.21 bits per heavy atom. The van der Waals surface area contributed by atoms with Gasteiger partial charge in [-0.2, -0.15) is 4.98 Å². The summed E-state index contributed by atoms with van der Waals surface area (Å²) in [5.74, 6) is 1.21. The van der Waals surface area contributed by atoms with Crippen molar-refractivity contribution < 1.29 is 4.79 Å². The molecular weight excluding hydrogens is 304 g/mol. The van der Waals surface area contributed by atoms with Crippen molar-refractivity contribution in [3.05, 3.63) is 23.3 Å². The van der Waals surface area contributed by atoms with E-state index in [2.05, 4.69) is 32.2 Å². The Morgan fingerprint density at radius 3 is 3.00 bits per heavy atom. The molecule has 7 heteroatoms. The molecule has 1 atom stereocenters. The summed E-state index contributed by atoms with van der Waals surface area (Å²) in [5, 5.41) is 7.17. The van der Waals surface area contributed by atoms with Gasteiger partial charge in [-0.05, 0) is 58.2 Å². The van der Waals surface area contributed by atoms with Crippen LogP contribution in [0.15, 0.2) is 6.07 Å². The van der Waals surface area contributed by atoms with Crippen LogP contribution in [-0.2, 0) is 0 Å². The number of hydrogen-bond donors (Lipinski definition) is 1. The van der Waals surface area contributed by atoms with E-state index in [-0.39, 0.29) is 11.7 Å². The van der Waals surface area contributed by atoms with E-state index < -0.39 is 0 Å². The zero-order valence-electron chi connectivity index (χ0n) is 14.7. The number of carbonyl (C=O) groups excluding carboxylic acids is 1. The second-order valence-electron chi connectivity index (χ2n) is 6.84. The van der Waals surface area contributed by atoms with Crippen molar-refractivity contribution in [3.63, 3.8) is 0 Å². The van der Waals surface area contributed by atoms with Crippen LogP contribution in [0, 0.1) is 19.8 Å². The molecule has 0 aliphatic carbocycles. The number of likely N-dealkylation sites (tertiary alicyclic amines) is 1. The van der Waals surface area contributed by atoms with Gasteiger partial charge in [0.25, 0.3) is 11.7 Å². The van der Waals surface area contributed by atoms with Gasteiger partial charge in [0.1, 0.15) is 0 Å². The molecule has 1 amide bonds. The molecule has 1 saturated heterocycles. The topological polar surface area (TPSA) is 75.4 Å². The number of piperidine rings is 1. The van der Waals surface area contributed by atoms with Crippen LogP contribution in [0.1, 0.15) is 48.2 Å². The van der Waals surface area contributed by atoms with Crippen LogP contribution in [0.2, 0.25) is 0 Å². The number of nitrogens with zero attached hydrogens (tertiary/aromatic N) is 5. The third-order valence-corrected chi connectivity index (χ3v) is 4.50. The molecule has 7 nitrogen and oxygen atoms in total. The molecule has 130 valence electrons. The van der Waals surface area contributed by atoms with Crippen molar-refractivity contribution in [1.29, 1.82) is 0 Å². The molecule has 0 spiro atoms. The lowest BCUT2D eigenvalue weighted by molar-refractivity contribution is 0.0940. The maximum atomic E-state index is 12.2. The molecule has 24 heavy (non-hydrogen) atoms. The number of hydrogen-bond acceptors (Lipinski definition) is 5. The highest BCUT2D eigenvalue weighted by molar-refractivity contribution is 5.90. The van der Waals surface area contributed by atoms with Crippen molar-refractivity contribution in [3.8, 4) is 0 Å². The summed E-state index contributed by atoms with van der Waals surface area (Å²) >= 11 is 0. The van der Waals surface area contributed by atoms with Crippen LogP contribution < -0.4 is 5.32 Å². The lowest BCUT2D eigenvalue weighted by Gasteiger charge is -2.30. The summed E-state index contributed by atoms with van der Waals surface area (Å²) in [6.07, 6.45) is 3.56. The van der Waals surface area contributed by atoms with Crippen LogP contribution in [0.4, 0.5) is 0 Å². The standard InChI is InChI=1S/C17H26N6O/c1-12-6-4-8-22(11-12)9-5-7-18-16(24)15-20-17-19-13(2)10-14(3)23(17)21-15/h10,12H,4-9,11H2,1-3H3,(H,18,24)/t12-/m0/s1. The highest BCUT2D eigenvalue weighted by Crippen LogP contribution is 2.15. The first-order valence-electron chi connectivity index (χ1n) is 8.74. The van der Waals surface area contributed by atoms with E-state index in [1.807, 2.05) is 19.9 Å². The first-order valence-corrected chi connectivity index (χ1v) is 8.74. The second kappa shape index (κ2) is 7.25. The molecule has 0 unspecified atom stereocenters. The Balaban J connectivity index is 1.51. The minimum Gasteiger partial charge on any atom is -0.349 e. The van der Waals surface area contributed by atoms with Crippen LogP contribution in [0.25, 0.3) is 5.78 Å². The number of rotatable bonds is 5. The third kappa shape index (κ3) is 3.90. The monoisotopic (exact) mass is 330 g/mol. The molecule has 2 aromatic heterocycles. The van der Waals surface area contributed by atoms with Gasteiger partial charge in [0.2, 0.25) is 5.82 Å². The van der Waals surface area contributed by atoms with Crippen molar-refractivity contribution in [1.82, 2.24) is 29.8 Å². The Morgan fingerprint density at radius 1 is 1.38 bits per heavy atom. The fourth-order valence-corrected chi connectivity index (χ4v) is 3.34. The zero-order chi connectivity index (χ0) is 17.1. The van der Waals surface area contributed by atoms with Crippen molar-refractivity contribution in [2.45, 2.75) is 40.0 Å². The van der Waals surface area contributed by atoms with Crippen LogP contribution in [-0.4, -0.2) is 56.6 Å². The molecule has 3 heterocycles.